The van der Waals surface area contributed by atoms with Crippen LogP contribution >= 0.6 is 0 Å². The Hall–Kier alpha value is -1.66. The molecule has 0 aliphatic carbocycles. The summed E-state index contributed by atoms with van der Waals surface area (Å²) in [6.07, 6.45) is 2.54. The number of nitrogens with zero attached hydrogens (tertiary/aromatic N) is 1. The summed E-state index contributed by atoms with van der Waals surface area (Å²) in [6.45, 7) is 4.70. The fourth-order valence-electron chi connectivity index (χ4n) is 1.74. The molecule has 20 heavy (non-hydrogen) atoms. The molecule has 0 aliphatic rings. The Morgan fingerprint density at radius 1 is 1.25 bits per heavy atom. The second-order valence-corrected chi connectivity index (χ2v) is 4.92. The molecule has 110 valence electrons. The smallest absolute Gasteiger partial charge is 0.257 e. The third-order valence-electron chi connectivity index (χ3n) is 2.72. The van der Waals surface area contributed by atoms with E-state index in [-0.39, 0.29) is 12.5 Å². The molecule has 0 saturated carbocycles. The number of hydrogen-bond acceptors (Lipinski definition) is 4. The SMILES string of the molecule is C=CC(=O)N(CCCCO[SH](=O)=O)Cc1ccccc1. The van der Waals surface area contributed by atoms with Crippen molar-refractivity contribution in [2.24, 2.45) is 0 Å². The van der Waals surface area contributed by atoms with Crippen LogP contribution in [-0.2, 0) is 26.5 Å². The summed E-state index contributed by atoms with van der Waals surface area (Å²) in [7, 11) is -2.78. The van der Waals surface area contributed by atoms with Crippen LogP contribution in [0, 0.1) is 0 Å². The van der Waals surface area contributed by atoms with Gasteiger partial charge in [-0.2, -0.15) is 0 Å². The van der Waals surface area contributed by atoms with E-state index in [2.05, 4.69) is 10.8 Å². The molecule has 1 aromatic rings. The van der Waals surface area contributed by atoms with Gasteiger partial charge in [-0.05, 0) is 24.5 Å². The lowest BCUT2D eigenvalue weighted by atomic mass is 10.2. The first-order valence-corrected chi connectivity index (χ1v) is 7.45. The van der Waals surface area contributed by atoms with Crippen molar-refractivity contribution in [2.75, 3.05) is 13.2 Å². The number of carbonyl (C=O) groups excluding carboxylic acids is 1. The molecule has 0 heterocycles. The second kappa shape index (κ2) is 9.28. The van der Waals surface area contributed by atoms with Gasteiger partial charge in [-0.3, -0.25) is 8.98 Å². The van der Waals surface area contributed by atoms with Crippen molar-refractivity contribution >= 4 is 16.9 Å². The highest BCUT2D eigenvalue weighted by Crippen LogP contribution is 2.07. The van der Waals surface area contributed by atoms with Crippen LogP contribution in [0.3, 0.4) is 0 Å². The molecule has 6 heteroatoms. The highest BCUT2D eigenvalue weighted by atomic mass is 32.2. The molecule has 0 unspecified atom stereocenters. The van der Waals surface area contributed by atoms with Crippen molar-refractivity contribution in [3.63, 3.8) is 0 Å². The van der Waals surface area contributed by atoms with Gasteiger partial charge < -0.3 is 4.90 Å². The number of rotatable bonds is 9. The van der Waals surface area contributed by atoms with Crippen LogP contribution in [0.1, 0.15) is 18.4 Å². The minimum atomic E-state index is -2.78. The first-order valence-electron chi connectivity index (χ1n) is 6.36. The standard InChI is InChI=1S/C14H19NO4S/c1-2-14(16)15(10-6-7-11-19-20(17)18)12-13-8-4-3-5-9-13/h2-5,8-9,20H,1,6-7,10-12H2. The summed E-state index contributed by atoms with van der Waals surface area (Å²) in [5, 5.41) is 0. The molecule has 5 nitrogen and oxygen atoms in total. The van der Waals surface area contributed by atoms with Gasteiger partial charge in [0.15, 0.2) is 0 Å². The fourth-order valence-corrected chi connectivity index (χ4v) is 2.02. The molecule has 0 N–H and O–H groups in total. The maximum atomic E-state index is 11.8. The summed E-state index contributed by atoms with van der Waals surface area (Å²) in [5.74, 6) is -0.135. The number of thiol groups is 1. The Balaban J connectivity index is 2.44. The Morgan fingerprint density at radius 3 is 2.55 bits per heavy atom. The van der Waals surface area contributed by atoms with Crippen molar-refractivity contribution in [3.8, 4) is 0 Å². The average Bonchev–Trinajstić information content (AvgIpc) is 2.45. The summed E-state index contributed by atoms with van der Waals surface area (Å²) in [6, 6.07) is 9.67. The van der Waals surface area contributed by atoms with Crippen LogP contribution in [0.25, 0.3) is 0 Å². The third-order valence-corrected chi connectivity index (χ3v) is 3.12. The van der Waals surface area contributed by atoms with E-state index in [4.69, 9.17) is 0 Å². The van der Waals surface area contributed by atoms with Gasteiger partial charge in [0.05, 0.1) is 6.61 Å². The molecular formula is C14H19NO4S. The molecule has 0 bridgehead atoms. The van der Waals surface area contributed by atoms with E-state index in [0.29, 0.717) is 25.9 Å². The van der Waals surface area contributed by atoms with E-state index in [1.807, 2.05) is 30.3 Å². The molecule has 0 aliphatic heterocycles. The zero-order valence-corrected chi connectivity index (χ0v) is 12.1. The van der Waals surface area contributed by atoms with Gasteiger partial charge in [0.2, 0.25) is 5.91 Å². The zero-order valence-electron chi connectivity index (χ0n) is 11.2. The molecular weight excluding hydrogens is 278 g/mol. The minimum absolute atomic E-state index is 0.135. The summed E-state index contributed by atoms with van der Waals surface area (Å²) < 4.78 is 24.9. The third kappa shape index (κ3) is 6.49. The monoisotopic (exact) mass is 297 g/mol. The lowest BCUT2D eigenvalue weighted by Crippen LogP contribution is -2.30. The van der Waals surface area contributed by atoms with E-state index in [1.165, 1.54) is 6.08 Å². The minimum Gasteiger partial charge on any atom is -0.335 e. The summed E-state index contributed by atoms with van der Waals surface area (Å²) in [5.41, 5.74) is 1.04. The first-order chi connectivity index (χ1) is 9.63. The normalized spacial score (nSPS) is 10.4. The molecule has 0 aromatic heterocycles. The Bertz CT molecular complexity index is 491. The maximum absolute atomic E-state index is 11.8. The highest BCUT2D eigenvalue weighted by Gasteiger charge is 2.10. The summed E-state index contributed by atoms with van der Waals surface area (Å²) in [4.78, 5) is 13.4. The van der Waals surface area contributed by atoms with Gasteiger partial charge >= 0.3 is 0 Å². The van der Waals surface area contributed by atoms with Gasteiger partial charge in [-0.15, -0.1) is 0 Å². The van der Waals surface area contributed by atoms with Crippen LogP contribution < -0.4 is 0 Å². The first kappa shape index (κ1) is 16.4. The molecule has 0 atom stereocenters. The predicted octanol–water partition coefficient (Wildman–Crippen LogP) is 1.52. The van der Waals surface area contributed by atoms with Crippen molar-refractivity contribution in [2.45, 2.75) is 19.4 Å². The Kier molecular flexibility index (Phi) is 7.60. The molecule has 0 radical (unpaired) electrons. The Labute approximate surface area is 121 Å². The number of unbranched alkanes of at least 4 members (excludes halogenated alkanes) is 1. The van der Waals surface area contributed by atoms with Gasteiger partial charge in [0.25, 0.3) is 11.0 Å². The number of hydrogen-bond donors (Lipinski definition) is 1. The van der Waals surface area contributed by atoms with E-state index in [9.17, 15) is 13.2 Å². The van der Waals surface area contributed by atoms with E-state index in [1.54, 1.807) is 4.90 Å². The van der Waals surface area contributed by atoms with E-state index < -0.39 is 11.0 Å². The maximum Gasteiger partial charge on any atom is 0.257 e. The Morgan fingerprint density at radius 2 is 1.95 bits per heavy atom. The lowest BCUT2D eigenvalue weighted by molar-refractivity contribution is -0.126. The largest absolute Gasteiger partial charge is 0.335 e. The van der Waals surface area contributed by atoms with Crippen LogP contribution in [0.15, 0.2) is 43.0 Å². The fraction of sp³-hybridized carbons (Fsp3) is 0.357. The zero-order chi connectivity index (χ0) is 14.8. The van der Waals surface area contributed by atoms with Gasteiger partial charge in [-0.25, -0.2) is 8.42 Å². The van der Waals surface area contributed by atoms with Crippen molar-refractivity contribution in [3.05, 3.63) is 48.6 Å². The topological polar surface area (TPSA) is 63.7 Å². The molecule has 1 amide bonds. The number of benzene rings is 1. The van der Waals surface area contributed by atoms with E-state index >= 15 is 0 Å². The summed E-state index contributed by atoms with van der Waals surface area (Å²) >= 11 is 0. The van der Waals surface area contributed by atoms with Gasteiger partial charge in [-0.1, -0.05) is 36.9 Å². The molecule has 0 spiro atoms. The quantitative estimate of drug-likeness (QED) is 0.426. The molecule has 1 aromatic carbocycles. The van der Waals surface area contributed by atoms with Gasteiger partial charge in [0, 0.05) is 13.1 Å². The molecule has 0 fully saturated rings. The highest BCUT2D eigenvalue weighted by molar-refractivity contribution is 7.67. The molecule has 0 saturated heterocycles. The van der Waals surface area contributed by atoms with Gasteiger partial charge in [0.1, 0.15) is 0 Å². The van der Waals surface area contributed by atoms with Crippen molar-refractivity contribution in [1.29, 1.82) is 0 Å². The van der Waals surface area contributed by atoms with Crippen LogP contribution in [-0.4, -0.2) is 32.4 Å². The average molecular weight is 297 g/mol. The van der Waals surface area contributed by atoms with Crippen molar-refractivity contribution in [1.82, 2.24) is 4.90 Å². The van der Waals surface area contributed by atoms with E-state index in [0.717, 1.165) is 5.56 Å². The van der Waals surface area contributed by atoms with Crippen LogP contribution in [0.2, 0.25) is 0 Å². The molecule has 1 rings (SSSR count). The lowest BCUT2D eigenvalue weighted by Gasteiger charge is -2.21. The predicted molar refractivity (Wildman–Crippen MR) is 77.6 cm³/mol. The second-order valence-electron chi connectivity index (χ2n) is 4.21. The van der Waals surface area contributed by atoms with Crippen molar-refractivity contribution < 1.29 is 17.4 Å². The van der Waals surface area contributed by atoms with Crippen LogP contribution in [0.5, 0.6) is 0 Å². The number of amides is 1. The van der Waals surface area contributed by atoms with Crippen LogP contribution in [0.4, 0.5) is 0 Å². The number of carbonyl (C=O) groups is 1.